The summed E-state index contributed by atoms with van der Waals surface area (Å²) in [6, 6.07) is 0. The summed E-state index contributed by atoms with van der Waals surface area (Å²) >= 11 is 1.43. The van der Waals surface area contributed by atoms with E-state index in [-0.39, 0.29) is 6.61 Å². The van der Waals surface area contributed by atoms with Crippen molar-refractivity contribution in [3.63, 3.8) is 0 Å². The van der Waals surface area contributed by atoms with Crippen LogP contribution in [0.2, 0.25) is 0 Å². The predicted octanol–water partition coefficient (Wildman–Crippen LogP) is 1.67. The van der Waals surface area contributed by atoms with Gasteiger partial charge in [-0.1, -0.05) is 33.1 Å². The summed E-state index contributed by atoms with van der Waals surface area (Å²) in [5.41, 5.74) is 0. The highest BCUT2D eigenvalue weighted by Gasteiger charge is 2.10. The Morgan fingerprint density at radius 2 is 1.74 bits per heavy atom. The first-order valence-corrected chi connectivity index (χ1v) is 8.41. The van der Waals surface area contributed by atoms with Gasteiger partial charge in [-0.3, -0.25) is 0 Å². The van der Waals surface area contributed by atoms with E-state index in [0.717, 1.165) is 13.0 Å². The highest BCUT2D eigenvalue weighted by atomic mass is 32.2. The molecular weight excluding hydrogens is 264 g/mol. The monoisotopic (exact) mass is 294 g/mol. The van der Waals surface area contributed by atoms with Gasteiger partial charge in [-0.2, -0.15) is 11.8 Å². The predicted molar refractivity (Wildman–Crippen MR) is 80.5 cm³/mol. The Morgan fingerprint density at radius 1 is 1.05 bits per heavy atom. The van der Waals surface area contributed by atoms with Crippen LogP contribution in [0.4, 0.5) is 0 Å². The van der Waals surface area contributed by atoms with Gasteiger partial charge in [-0.05, 0) is 12.3 Å². The van der Waals surface area contributed by atoms with E-state index in [1.165, 1.54) is 31.0 Å². The van der Waals surface area contributed by atoms with E-state index in [0.29, 0.717) is 24.0 Å². The number of hydrogen-bond donors (Lipinski definition) is 3. The minimum Gasteiger partial charge on any atom is -0.394 e. The zero-order valence-electron chi connectivity index (χ0n) is 12.3. The molecule has 0 aromatic rings. The molecule has 0 saturated carbocycles. The number of thioether (sulfide) groups is 1. The van der Waals surface area contributed by atoms with Crippen molar-refractivity contribution in [1.29, 1.82) is 0 Å². The fourth-order valence-corrected chi connectivity index (χ4v) is 2.59. The van der Waals surface area contributed by atoms with Crippen LogP contribution in [0.1, 0.15) is 39.5 Å². The maximum absolute atomic E-state index is 9.71. The van der Waals surface area contributed by atoms with E-state index in [2.05, 4.69) is 13.8 Å². The number of ether oxygens (including phenoxy) is 1. The lowest BCUT2D eigenvalue weighted by Gasteiger charge is -2.17. The fraction of sp³-hybridized carbons (Fsp3) is 1.00. The van der Waals surface area contributed by atoms with E-state index in [4.69, 9.17) is 14.9 Å². The average Bonchev–Trinajstić information content (AvgIpc) is 2.42. The third kappa shape index (κ3) is 11.7. The third-order valence-corrected chi connectivity index (χ3v) is 4.28. The largest absolute Gasteiger partial charge is 0.394 e. The molecule has 0 bridgehead atoms. The molecule has 3 unspecified atom stereocenters. The van der Waals surface area contributed by atoms with Crippen molar-refractivity contribution in [1.82, 2.24) is 0 Å². The second kappa shape index (κ2) is 13.2. The zero-order chi connectivity index (χ0) is 14.5. The molecule has 0 aromatic heterocycles. The molecular formula is C14H30O4S. The first kappa shape index (κ1) is 19.2. The van der Waals surface area contributed by atoms with E-state index in [1.807, 2.05) is 0 Å². The van der Waals surface area contributed by atoms with Gasteiger partial charge in [0.05, 0.1) is 25.4 Å². The lowest BCUT2D eigenvalue weighted by atomic mass is 10.0. The third-order valence-electron chi connectivity index (χ3n) is 3.04. The molecule has 4 nitrogen and oxygen atoms in total. The quantitative estimate of drug-likeness (QED) is 0.482. The van der Waals surface area contributed by atoms with Crippen LogP contribution in [-0.2, 0) is 4.74 Å². The Labute approximate surface area is 121 Å². The van der Waals surface area contributed by atoms with Gasteiger partial charge in [0.25, 0.3) is 0 Å². The van der Waals surface area contributed by atoms with Crippen LogP contribution < -0.4 is 0 Å². The highest BCUT2D eigenvalue weighted by molar-refractivity contribution is 7.99. The van der Waals surface area contributed by atoms with Crippen LogP contribution in [0.25, 0.3) is 0 Å². The number of hydrogen-bond acceptors (Lipinski definition) is 5. The summed E-state index contributed by atoms with van der Waals surface area (Å²) in [6.07, 6.45) is 3.56. The van der Waals surface area contributed by atoms with Crippen molar-refractivity contribution >= 4 is 11.8 Å². The van der Waals surface area contributed by atoms with Gasteiger partial charge in [0.15, 0.2) is 0 Å². The van der Waals surface area contributed by atoms with Gasteiger partial charge >= 0.3 is 0 Å². The summed E-state index contributed by atoms with van der Waals surface area (Å²) in [4.78, 5) is 0. The van der Waals surface area contributed by atoms with Crippen molar-refractivity contribution in [2.45, 2.75) is 51.7 Å². The van der Waals surface area contributed by atoms with Crippen LogP contribution in [0.3, 0.4) is 0 Å². The van der Waals surface area contributed by atoms with Gasteiger partial charge in [0, 0.05) is 18.1 Å². The lowest BCUT2D eigenvalue weighted by molar-refractivity contribution is 0.0287. The average molecular weight is 294 g/mol. The first-order valence-electron chi connectivity index (χ1n) is 7.26. The molecule has 5 heteroatoms. The Bertz CT molecular complexity index is 192. The molecule has 0 rings (SSSR count). The molecule has 0 aromatic carbocycles. The molecule has 3 atom stereocenters. The normalized spacial score (nSPS) is 16.3. The van der Waals surface area contributed by atoms with E-state index in [1.54, 1.807) is 0 Å². The summed E-state index contributed by atoms with van der Waals surface area (Å²) < 4.78 is 5.55. The molecule has 0 aliphatic heterocycles. The molecule has 0 amide bonds. The highest BCUT2D eigenvalue weighted by Crippen LogP contribution is 2.13. The molecule has 19 heavy (non-hydrogen) atoms. The molecule has 3 N–H and O–H groups in total. The Morgan fingerprint density at radius 3 is 2.32 bits per heavy atom. The Kier molecular flexibility index (Phi) is 13.3. The smallest absolute Gasteiger partial charge is 0.0863 e. The number of rotatable bonds is 13. The number of aliphatic hydroxyl groups is 3. The van der Waals surface area contributed by atoms with E-state index < -0.39 is 12.2 Å². The molecule has 0 saturated heterocycles. The SMILES string of the molecule is CCCCC(CC)COCC(O)CSCC(O)CO. The van der Waals surface area contributed by atoms with Crippen molar-refractivity contribution in [2.24, 2.45) is 5.92 Å². The second-order valence-corrected chi connectivity index (χ2v) is 6.06. The van der Waals surface area contributed by atoms with Crippen LogP contribution in [0, 0.1) is 5.92 Å². The van der Waals surface area contributed by atoms with Crippen LogP contribution in [-0.4, -0.2) is 58.9 Å². The molecule has 0 heterocycles. The number of unbranched alkanes of at least 4 members (excludes halogenated alkanes) is 1. The Balaban J connectivity index is 3.52. The summed E-state index contributed by atoms with van der Waals surface area (Å²) in [5.74, 6) is 1.57. The summed E-state index contributed by atoms with van der Waals surface area (Å²) in [7, 11) is 0. The standard InChI is InChI=1S/C14H30O4S/c1-3-5-6-12(4-2)8-18-9-14(17)11-19-10-13(16)7-15/h12-17H,3-11H2,1-2H3. The van der Waals surface area contributed by atoms with E-state index >= 15 is 0 Å². The zero-order valence-corrected chi connectivity index (χ0v) is 13.1. The van der Waals surface area contributed by atoms with Gasteiger partial charge < -0.3 is 20.1 Å². The maximum atomic E-state index is 9.71. The summed E-state index contributed by atoms with van der Waals surface area (Å²) in [5, 5.41) is 27.5. The maximum Gasteiger partial charge on any atom is 0.0863 e. The van der Waals surface area contributed by atoms with E-state index in [9.17, 15) is 5.11 Å². The van der Waals surface area contributed by atoms with Crippen molar-refractivity contribution in [2.75, 3.05) is 31.3 Å². The van der Waals surface area contributed by atoms with Crippen molar-refractivity contribution < 1.29 is 20.1 Å². The van der Waals surface area contributed by atoms with Gasteiger partial charge in [-0.15, -0.1) is 0 Å². The van der Waals surface area contributed by atoms with Crippen molar-refractivity contribution in [3.8, 4) is 0 Å². The fourth-order valence-electron chi connectivity index (χ4n) is 1.71. The van der Waals surface area contributed by atoms with Gasteiger partial charge in [-0.25, -0.2) is 0 Å². The molecule has 0 spiro atoms. The van der Waals surface area contributed by atoms with Crippen molar-refractivity contribution in [3.05, 3.63) is 0 Å². The molecule has 0 fully saturated rings. The summed E-state index contributed by atoms with van der Waals surface area (Å²) in [6.45, 7) is 5.21. The molecule has 0 aliphatic rings. The molecule has 116 valence electrons. The minimum atomic E-state index is -0.698. The van der Waals surface area contributed by atoms with Crippen LogP contribution in [0.15, 0.2) is 0 Å². The number of aliphatic hydroxyl groups excluding tert-OH is 3. The van der Waals surface area contributed by atoms with Crippen LogP contribution >= 0.6 is 11.8 Å². The second-order valence-electron chi connectivity index (χ2n) is 4.98. The van der Waals surface area contributed by atoms with Gasteiger partial charge in [0.1, 0.15) is 0 Å². The lowest BCUT2D eigenvalue weighted by Crippen LogP contribution is -2.22. The Hall–Kier alpha value is 0.190. The molecule has 0 aliphatic carbocycles. The van der Waals surface area contributed by atoms with Gasteiger partial charge in [0.2, 0.25) is 0 Å². The first-order chi connectivity index (χ1) is 9.13. The van der Waals surface area contributed by atoms with Crippen LogP contribution in [0.5, 0.6) is 0 Å². The topological polar surface area (TPSA) is 69.9 Å². The minimum absolute atomic E-state index is 0.227. The molecule has 0 radical (unpaired) electrons.